The predicted octanol–water partition coefficient (Wildman–Crippen LogP) is 8.62. The fourth-order valence-corrected chi connectivity index (χ4v) is 7.46. The zero-order chi connectivity index (χ0) is 32.8. The number of aryl methyl sites for hydroxylation is 6. The van der Waals surface area contributed by atoms with Crippen molar-refractivity contribution in [1.29, 1.82) is 0 Å². The minimum absolute atomic E-state index is 0.0472. The van der Waals surface area contributed by atoms with Crippen LogP contribution in [-0.4, -0.2) is 33.4 Å². The zero-order valence-electron chi connectivity index (χ0n) is 26.2. The fourth-order valence-electron chi connectivity index (χ4n) is 5.84. The van der Waals surface area contributed by atoms with Crippen LogP contribution in [0.4, 0.5) is 22.7 Å². The summed E-state index contributed by atoms with van der Waals surface area (Å²) in [7, 11) is 11.8. The molecule has 1 heterocycles. The van der Waals surface area contributed by atoms with Gasteiger partial charge in [0.1, 0.15) is 0 Å². The Morgan fingerprint density at radius 2 is 1.27 bits per heavy atom. The quantitative estimate of drug-likeness (QED) is 0.0654. The summed E-state index contributed by atoms with van der Waals surface area (Å²) >= 11 is -2.19. The van der Waals surface area contributed by atoms with Crippen LogP contribution in [0.2, 0.25) is 0 Å². The standard InChI is InChI=1S/C21H27N2.C14H10N2O3.2ClH.Ru/c1-14-9-16(3)20(17(4)10-14)22-7-8-23(13-22)21-18(5)11-15(2)12-19(21)6;1-15(12-5-3-2-4-6-12)14(17)11-7-9-13(10-8-11)16(18)19;;;/h9-13H,7-8H2,1-6H3;1-10H;2*1H;/q-1;;;;+2/p-1. The van der Waals surface area contributed by atoms with Crippen molar-refractivity contribution in [1.82, 2.24) is 0 Å². The number of rotatable bonds is 6. The molecule has 5 rings (SSSR count). The molecule has 1 aliphatic heterocycles. The molecule has 0 radical (unpaired) electrons. The van der Waals surface area contributed by atoms with Gasteiger partial charge in [-0.3, -0.25) is 0 Å². The molecule has 1 amide bonds. The van der Waals surface area contributed by atoms with E-state index in [1.165, 1.54) is 73.9 Å². The normalized spacial score (nSPS) is 12.8. The first-order valence-corrected chi connectivity index (χ1v) is 19.9. The van der Waals surface area contributed by atoms with E-state index in [0.717, 1.165) is 13.1 Å². The molecular formula is C35H38Cl2N4O3Ru. The van der Waals surface area contributed by atoms with Crippen LogP contribution in [0.25, 0.3) is 0 Å². The van der Waals surface area contributed by atoms with Gasteiger partial charge in [0.15, 0.2) is 0 Å². The molecule has 4 aromatic carbocycles. The Morgan fingerprint density at radius 1 is 0.822 bits per heavy atom. The molecular weight excluding hydrogens is 696 g/mol. The number of benzene rings is 4. The molecule has 1 saturated heterocycles. The van der Waals surface area contributed by atoms with E-state index < -0.39 is 18.4 Å². The van der Waals surface area contributed by atoms with Crippen molar-refractivity contribution < 1.29 is 23.2 Å². The summed E-state index contributed by atoms with van der Waals surface area (Å²) in [5, 5.41) is 10.7. The van der Waals surface area contributed by atoms with Crippen molar-refractivity contribution in [2.75, 3.05) is 27.8 Å². The number of halogens is 2. The van der Waals surface area contributed by atoms with Crippen LogP contribution in [0.5, 0.6) is 0 Å². The monoisotopic (exact) mass is 734 g/mol. The first-order chi connectivity index (χ1) is 21.3. The summed E-state index contributed by atoms with van der Waals surface area (Å²) in [6.07, 6.45) is 0. The van der Waals surface area contributed by atoms with Gasteiger partial charge < -0.3 is 9.80 Å². The van der Waals surface area contributed by atoms with Crippen molar-refractivity contribution in [3.63, 3.8) is 0 Å². The molecule has 0 bridgehead atoms. The first-order valence-electron chi connectivity index (χ1n) is 14.4. The number of para-hydroxylation sites is 1. The van der Waals surface area contributed by atoms with Crippen molar-refractivity contribution in [3.8, 4) is 0 Å². The summed E-state index contributed by atoms with van der Waals surface area (Å²) in [5.41, 5.74) is 11.9. The minimum atomic E-state index is -2.19. The van der Waals surface area contributed by atoms with Crippen LogP contribution in [0.1, 0.15) is 38.9 Å². The van der Waals surface area contributed by atoms with Crippen LogP contribution in [0, 0.1) is 58.3 Å². The number of nitro groups is 1. The van der Waals surface area contributed by atoms with Crippen molar-refractivity contribution in [2.45, 2.75) is 41.5 Å². The Morgan fingerprint density at radius 3 is 1.67 bits per heavy atom. The third-order valence-corrected chi connectivity index (χ3v) is 9.07. The van der Waals surface area contributed by atoms with Gasteiger partial charge in [-0.25, -0.2) is 0 Å². The average Bonchev–Trinajstić information content (AvgIpc) is 3.44. The summed E-state index contributed by atoms with van der Waals surface area (Å²) in [5.74, 6) is -0.0962. The summed E-state index contributed by atoms with van der Waals surface area (Å²) in [6.45, 7) is 17.6. The Balaban J connectivity index is 0.000000205. The number of non-ortho nitro benzene ring substituents is 1. The first kappa shape index (κ1) is 34.3. The molecule has 10 heteroatoms. The molecule has 1 aliphatic rings. The molecule has 0 atom stereocenters. The second-order valence-corrected chi connectivity index (χ2v) is 16.8. The van der Waals surface area contributed by atoms with Crippen molar-refractivity contribution >= 4 is 52.8 Å². The number of nitrogens with zero attached hydrogens (tertiary/aromatic N) is 4. The van der Waals surface area contributed by atoms with Gasteiger partial charge in [-0.2, -0.15) is 6.67 Å². The van der Waals surface area contributed by atoms with Crippen LogP contribution in [-0.2, 0) is 13.5 Å². The van der Waals surface area contributed by atoms with E-state index in [0.29, 0.717) is 11.3 Å². The van der Waals surface area contributed by atoms with Gasteiger partial charge >= 0.3 is 140 Å². The number of amides is 1. The molecule has 1 N–H and O–H groups in total. The Kier molecular flexibility index (Phi) is 11.5. The molecule has 0 aromatic heterocycles. The second kappa shape index (κ2) is 15.1. The molecule has 238 valence electrons. The Bertz CT molecular complexity index is 1620. The van der Waals surface area contributed by atoms with Crippen molar-refractivity contribution in [2.24, 2.45) is 0 Å². The van der Waals surface area contributed by atoms with E-state index in [4.69, 9.17) is 19.4 Å². The van der Waals surface area contributed by atoms with E-state index in [1.807, 2.05) is 18.2 Å². The van der Waals surface area contributed by atoms with Crippen LogP contribution >= 0.6 is 19.4 Å². The molecule has 0 unspecified atom stereocenters. The van der Waals surface area contributed by atoms with Crippen molar-refractivity contribution in [3.05, 3.63) is 135 Å². The third kappa shape index (κ3) is 8.58. The maximum atomic E-state index is 10.7. The number of nitro benzene ring substituents is 1. The van der Waals surface area contributed by atoms with E-state index in [9.17, 15) is 14.9 Å². The Hall–Kier alpha value is -3.58. The molecule has 0 saturated carbocycles. The van der Waals surface area contributed by atoms with Gasteiger partial charge in [-0.05, 0) is 63.8 Å². The van der Waals surface area contributed by atoms with E-state index >= 15 is 0 Å². The van der Waals surface area contributed by atoms with E-state index in [1.54, 1.807) is 16.9 Å². The van der Waals surface area contributed by atoms with Gasteiger partial charge in [0.2, 0.25) is 0 Å². The molecule has 0 spiro atoms. The van der Waals surface area contributed by atoms with Crippen LogP contribution in [0.3, 0.4) is 0 Å². The molecule has 1 fully saturated rings. The average molecular weight is 735 g/mol. The zero-order valence-corrected chi connectivity index (χ0v) is 29.5. The van der Waals surface area contributed by atoms with Gasteiger partial charge in [0.05, 0.1) is 0 Å². The summed E-state index contributed by atoms with van der Waals surface area (Å²) in [6, 6.07) is 23.8. The van der Waals surface area contributed by atoms with Gasteiger partial charge in [-0.15, -0.1) is 0 Å². The van der Waals surface area contributed by atoms with E-state index in [-0.39, 0.29) is 11.6 Å². The summed E-state index contributed by atoms with van der Waals surface area (Å²) < 4.78 is 1.57. The number of hydrogen-bond acceptors (Lipinski definition) is 4. The SMILES string of the molecule is Cc1cc(C)c(N2[CH-]N(c3c(C)cc(C)cc3C)CC2)c(C)c1.O=[N+]([O-])c1ccc(C(=[OH+])N([CH]=[Ru]([Cl])[Cl])c2ccccc2)cc1. The van der Waals surface area contributed by atoms with Crippen LogP contribution in [0.15, 0.2) is 78.9 Å². The van der Waals surface area contributed by atoms with Gasteiger partial charge in [0.25, 0.3) is 0 Å². The topological polar surface area (TPSA) is 74.3 Å². The molecule has 7 nitrogen and oxygen atoms in total. The van der Waals surface area contributed by atoms with Gasteiger partial charge in [-0.1, -0.05) is 35.4 Å². The number of carbonyl (C=O) groups excluding carboxylic acids is 1. The van der Waals surface area contributed by atoms with Crippen LogP contribution < -0.4 is 14.7 Å². The second-order valence-electron chi connectivity index (χ2n) is 11.1. The van der Waals surface area contributed by atoms with Gasteiger partial charge in [0, 0.05) is 24.5 Å². The number of hydrogen-bond donors (Lipinski definition) is 0. The molecule has 45 heavy (non-hydrogen) atoms. The van der Waals surface area contributed by atoms with E-state index in [2.05, 4.69) is 82.3 Å². The summed E-state index contributed by atoms with van der Waals surface area (Å²) in [4.78, 5) is 26.9. The molecule has 4 aromatic rings. The Labute approximate surface area is 278 Å². The predicted molar refractivity (Wildman–Crippen MR) is 186 cm³/mol. The molecule has 0 aliphatic carbocycles. The maximum absolute atomic E-state index is 10.7. The fraction of sp³-hybridized carbons (Fsp3) is 0.229. The third-order valence-electron chi connectivity index (χ3n) is 7.46. The number of anilines is 3.